The number of carbonyl (C=O) groups excluding carboxylic acids is 2. The highest BCUT2D eigenvalue weighted by atomic mass is 35.5. The molecule has 1 N–H and O–H groups in total. The summed E-state index contributed by atoms with van der Waals surface area (Å²) in [5.74, 6) is -1.85. The van der Waals surface area contributed by atoms with Gasteiger partial charge in [0.25, 0.3) is 11.6 Å². The van der Waals surface area contributed by atoms with Crippen LogP contribution in [0.2, 0.25) is 5.02 Å². The Morgan fingerprint density at radius 3 is 2.33 bits per heavy atom. The number of esters is 1. The number of ether oxygens (including phenoxy) is 1. The van der Waals surface area contributed by atoms with Crippen LogP contribution in [0.3, 0.4) is 0 Å². The number of allylic oxidation sites excluding steroid dienone is 1. The number of hydrogen-bond donors (Lipinski definition) is 1. The number of nitro groups is 1. The van der Waals surface area contributed by atoms with Crippen molar-refractivity contribution in [2.45, 2.75) is 33.3 Å². The monoisotopic (exact) mass is 469 g/mol. The van der Waals surface area contributed by atoms with Crippen LogP contribution in [0.25, 0.3) is 0 Å². The molecular weight excluding hydrogens is 450 g/mol. The van der Waals surface area contributed by atoms with Gasteiger partial charge in [-0.2, -0.15) is 4.99 Å². The zero-order chi connectivity index (χ0) is 24.5. The van der Waals surface area contributed by atoms with E-state index in [1.165, 1.54) is 13.0 Å². The van der Waals surface area contributed by atoms with Crippen LogP contribution in [-0.2, 0) is 9.53 Å². The number of aliphatic hydroxyl groups excluding tert-OH is 1. The number of nitro benzene ring substituents is 1. The molecule has 0 unspecified atom stereocenters. The van der Waals surface area contributed by atoms with Crippen LogP contribution in [0.4, 0.5) is 5.69 Å². The number of hydrogen-bond acceptors (Lipinski definition) is 6. The van der Waals surface area contributed by atoms with Crippen LogP contribution in [0, 0.1) is 10.1 Å². The zero-order valence-corrected chi connectivity index (χ0v) is 19.0. The number of carbonyl (C=O) groups is 2. The Kier molecular flexibility index (Phi) is 6.46. The average Bonchev–Trinajstić information content (AvgIpc) is 3.04. The van der Waals surface area contributed by atoms with Gasteiger partial charge in [-0.25, -0.2) is 9.79 Å². The molecule has 0 saturated carbocycles. The third-order valence-electron chi connectivity index (χ3n) is 4.44. The molecule has 2 aromatic rings. The number of amidine groups is 1. The van der Waals surface area contributed by atoms with E-state index in [9.17, 15) is 24.8 Å². The van der Waals surface area contributed by atoms with E-state index in [1.807, 2.05) is 0 Å². The van der Waals surface area contributed by atoms with Gasteiger partial charge in [-0.05, 0) is 33.8 Å². The number of non-ortho nitro benzene ring substituents is 1. The van der Waals surface area contributed by atoms with Gasteiger partial charge in [0, 0.05) is 23.3 Å². The number of aliphatic hydroxyl groups is 1. The molecular formula is C23H20ClN3O6. The molecule has 33 heavy (non-hydrogen) atoms. The summed E-state index contributed by atoms with van der Waals surface area (Å²) in [7, 11) is 0. The minimum absolute atomic E-state index is 0.00216. The van der Waals surface area contributed by atoms with Crippen molar-refractivity contribution >= 4 is 40.7 Å². The van der Waals surface area contributed by atoms with Crippen molar-refractivity contribution in [1.82, 2.24) is 0 Å². The lowest BCUT2D eigenvalue weighted by molar-refractivity contribution is -0.384. The van der Waals surface area contributed by atoms with Crippen LogP contribution in [-0.4, -0.2) is 39.1 Å². The maximum Gasteiger partial charge on any atom is 0.344 e. The van der Waals surface area contributed by atoms with E-state index in [-0.39, 0.29) is 39.2 Å². The molecule has 9 nitrogen and oxygen atoms in total. The highest BCUT2D eigenvalue weighted by Crippen LogP contribution is 2.28. The molecule has 1 heterocycles. The van der Waals surface area contributed by atoms with E-state index in [2.05, 4.69) is 9.98 Å². The van der Waals surface area contributed by atoms with Crippen molar-refractivity contribution in [3.05, 3.63) is 85.6 Å². The predicted molar refractivity (Wildman–Crippen MR) is 123 cm³/mol. The molecule has 0 aliphatic carbocycles. The molecule has 0 radical (unpaired) electrons. The normalized spacial score (nSPS) is 14.9. The summed E-state index contributed by atoms with van der Waals surface area (Å²) in [6, 6.07) is 10.2. The van der Waals surface area contributed by atoms with Crippen molar-refractivity contribution in [3.8, 4) is 0 Å². The SMILES string of the molecule is C/C(O)=C(\C(=O)OC(C)(C)C)C1=NC(=NC(=O)c2ccc([N+](=O)[O-])cc2Cl)c2ccccc21. The Hall–Kier alpha value is -3.85. The Labute approximate surface area is 194 Å². The first-order valence-corrected chi connectivity index (χ1v) is 10.2. The number of amides is 1. The second kappa shape index (κ2) is 8.95. The lowest BCUT2D eigenvalue weighted by Crippen LogP contribution is -2.28. The molecule has 1 aliphatic rings. The standard InChI is InChI=1S/C23H20ClN3O6/c1-12(28)18(22(30)33-23(2,3)4)19-14-7-5-6-8-15(14)20(25-19)26-21(29)16-10-9-13(27(31)32)11-17(16)24/h5-11,28H,1-4H3/b18-12+,26-20?. The van der Waals surface area contributed by atoms with E-state index in [0.717, 1.165) is 12.1 Å². The van der Waals surface area contributed by atoms with Gasteiger partial charge in [0.1, 0.15) is 16.9 Å². The summed E-state index contributed by atoms with van der Waals surface area (Å²) in [5, 5.41) is 21.0. The molecule has 0 saturated heterocycles. The fraction of sp³-hybridized carbons (Fsp3) is 0.217. The number of rotatable bonds is 4. The Morgan fingerprint density at radius 1 is 1.15 bits per heavy atom. The summed E-state index contributed by atoms with van der Waals surface area (Å²) in [5.41, 5.74) is -0.215. The minimum Gasteiger partial charge on any atom is -0.512 e. The fourth-order valence-electron chi connectivity index (χ4n) is 3.08. The van der Waals surface area contributed by atoms with Crippen molar-refractivity contribution in [1.29, 1.82) is 0 Å². The van der Waals surface area contributed by atoms with Gasteiger partial charge in [-0.3, -0.25) is 14.9 Å². The third kappa shape index (κ3) is 5.15. The van der Waals surface area contributed by atoms with E-state index >= 15 is 0 Å². The summed E-state index contributed by atoms with van der Waals surface area (Å²) >= 11 is 6.05. The molecule has 2 aromatic carbocycles. The molecule has 1 amide bonds. The van der Waals surface area contributed by atoms with Crippen LogP contribution in [0.1, 0.15) is 49.2 Å². The number of aliphatic imine (C=N–C) groups is 2. The minimum atomic E-state index is -0.810. The fourth-order valence-corrected chi connectivity index (χ4v) is 3.33. The van der Waals surface area contributed by atoms with Crippen molar-refractivity contribution in [2.75, 3.05) is 0 Å². The van der Waals surface area contributed by atoms with Crippen molar-refractivity contribution in [3.63, 3.8) is 0 Å². The topological polar surface area (TPSA) is 131 Å². The van der Waals surface area contributed by atoms with E-state index in [0.29, 0.717) is 11.1 Å². The van der Waals surface area contributed by atoms with Gasteiger partial charge in [0.2, 0.25) is 0 Å². The lowest BCUT2D eigenvalue weighted by atomic mass is 9.99. The highest BCUT2D eigenvalue weighted by Gasteiger charge is 2.32. The summed E-state index contributed by atoms with van der Waals surface area (Å²) in [6.45, 7) is 6.42. The average molecular weight is 470 g/mol. The first-order valence-electron chi connectivity index (χ1n) is 9.78. The molecule has 1 aliphatic heterocycles. The molecule has 0 atom stereocenters. The van der Waals surface area contributed by atoms with Gasteiger partial charge in [0.15, 0.2) is 5.84 Å². The van der Waals surface area contributed by atoms with Crippen LogP contribution < -0.4 is 0 Å². The predicted octanol–water partition coefficient (Wildman–Crippen LogP) is 4.81. The first kappa shape index (κ1) is 23.8. The summed E-state index contributed by atoms with van der Waals surface area (Å²) in [4.78, 5) is 44.2. The molecule has 0 spiro atoms. The van der Waals surface area contributed by atoms with Crippen LogP contribution in [0.5, 0.6) is 0 Å². The van der Waals surface area contributed by atoms with Crippen molar-refractivity contribution in [2.24, 2.45) is 9.98 Å². The van der Waals surface area contributed by atoms with E-state index in [1.54, 1.807) is 45.0 Å². The Morgan fingerprint density at radius 2 is 1.79 bits per heavy atom. The second-order valence-corrected chi connectivity index (χ2v) is 8.54. The number of fused-ring (bicyclic) bond motifs is 1. The number of halogens is 1. The van der Waals surface area contributed by atoms with E-state index < -0.39 is 22.4 Å². The maximum atomic E-state index is 12.8. The smallest absolute Gasteiger partial charge is 0.344 e. The first-order chi connectivity index (χ1) is 15.4. The Bertz CT molecular complexity index is 1270. The lowest BCUT2D eigenvalue weighted by Gasteiger charge is -2.21. The molecule has 3 rings (SSSR count). The van der Waals surface area contributed by atoms with Crippen LogP contribution >= 0.6 is 11.6 Å². The summed E-state index contributed by atoms with van der Waals surface area (Å²) < 4.78 is 5.40. The largest absolute Gasteiger partial charge is 0.512 e. The molecule has 170 valence electrons. The van der Waals surface area contributed by atoms with E-state index in [4.69, 9.17) is 16.3 Å². The zero-order valence-electron chi connectivity index (χ0n) is 18.2. The Balaban J connectivity index is 2.08. The molecule has 0 bridgehead atoms. The van der Waals surface area contributed by atoms with Gasteiger partial charge >= 0.3 is 5.97 Å². The third-order valence-corrected chi connectivity index (χ3v) is 4.76. The van der Waals surface area contributed by atoms with Crippen LogP contribution in [0.15, 0.2) is 63.8 Å². The van der Waals surface area contributed by atoms with Gasteiger partial charge in [-0.1, -0.05) is 35.9 Å². The maximum absolute atomic E-state index is 12.8. The second-order valence-electron chi connectivity index (χ2n) is 8.13. The number of benzene rings is 2. The molecule has 10 heteroatoms. The van der Waals surface area contributed by atoms with Crippen molar-refractivity contribution < 1.29 is 24.4 Å². The highest BCUT2D eigenvalue weighted by molar-refractivity contribution is 6.37. The number of nitrogens with zero attached hydrogens (tertiary/aromatic N) is 3. The van der Waals surface area contributed by atoms with Gasteiger partial charge in [0.05, 0.1) is 21.2 Å². The molecule has 0 aromatic heterocycles. The van der Waals surface area contributed by atoms with Gasteiger partial charge in [-0.15, -0.1) is 0 Å². The summed E-state index contributed by atoms with van der Waals surface area (Å²) in [6.07, 6.45) is 0. The van der Waals surface area contributed by atoms with Gasteiger partial charge < -0.3 is 9.84 Å². The quantitative estimate of drug-likeness (QED) is 0.224. The molecule has 0 fully saturated rings.